The van der Waals surface area contributed by atoms with E-state index in [1.165, 1.54) is 0 Å². The lowest BCUT2D eigenvalue weighted by Crippen LogP contribution is -2.37. The van der Waals surface area contributed by atoms with Crippen LogP contribution in [0.2, 0.25) is 0 Å². The van der Waals surface area contributed by atoms with E-state index in [0.29, 0.717) is 25.5 Å². The molecule has 0 aliphatic heterocycles. The highest BCUT2D eigenvalue weighted by Gasteiger charge is 2.16. The molecular weight excluding hydrogens is 326 g/mol. The number of rotatable bonds is 10. The van der Waals surface area contributed by atoms with Gasteiger partial charge in [-0.2, -0.15) is 0 Å². The van der Waals surface area contributed by atoms with Crippen molar-refractivity contribution in [1.82, 2.24) is 5.32 Å². The second-order valence-corrected chi connectivity index (χ2v) is 6.67. The maximum absolute atomic E-state index is 11.2. The molecule has 0 aliphatic rings. The first-order valence-corrected chi connectivity index (χ1v) is 8.94. The Bertz CT molecular complexity index is 693. The molecular formula is C22H27NO3. The minimum atomic E-state index is -0.799. The number of nitrogens with one attached hydrogen (secondary N) is 1. The smallest absolute Gasteiger partial charge is 0.320 e. The summed E-state index contributed by atoms with van der Waals surface area (Å²) in [5.74, 6) is 0.370. The van der Waals surface area contributed by atoms with Crippen LogP contribution < -0.4 is 10.1 Å². The average Bonchev–Trinajstić information content (AvgIpc) is 2.64. The van der Waals surface area contributed by atoms with Gasteiger partial charge in [-0.25, -0.2) is 0 Å². The molecule has 0 bridgehead atoms. The molecule has 0 spiro atoms. The van der Waals surface area contributed by atoms with Crippen molar-refractivity contribution in [1.29, 1.82) is 0 Å². The molecule has 2 aromatic rings. The van der Waals surface area contributed by atoms with Crippen LogP contribution in [0.15, 0.2) is 60.7 Å². The molecule has 0 amide bonds. The second kappa shape index (κ2) is 10.4. The standard InChI is InChI=1S/C22H27NO3/c1-17(2)15-21(22(24)25)23-14-6-9-18-10-12-20(13-11-18)26-16-19-7-4-3-5-8-19/h3-13,17,21,23H,14-16H2,1-2H3,(H,24,25)/b9-6+/t21-/m0/s1. The summed E-state index contributed by atoms with van der Waals surface area (Å²) in [6.07, 6.45) is 4.54. The Kier molecular flexibility index (Phi) is 7.90. The second-order valence-electron chi connectivity index (χ2n) is 6.67. The molecule has 4 heteroatoms. The van der Waals surface area contributed by atoms with Crippen LogP contribution in [0.1, 0.15) is 31.4 Å². The van der Waals surface area contributed by atoms with Crippen molar-refractivity contribution in [3.8, 4) is 5.75 Å². The highest BCUT2D eigenvalue weighted by Crippen LogP contribution is 2.15. The van der Waals surface area contributed by atoms with Crippen molar-refractivity contribution in [2.75, 3.05) is 6.54 Å². The molecule has 0 aromatic heterocycles. The van der Waals surface area contributed by atoms with Gasteiger partial charge in [-0.15, -0.1) is 0 Å². The number of ether oxygens (including phenoxy) is 1. The van der Waals surface area contributed by atoms with E-state index in [0.717, 1.165) is 16.9 Å². The molecule has 0 radical (unpaired) electrons. The lowest BCUT2D eigenvalue weighted by Gasteiger charge is -2.15. The molecule has 0 unspecified atom stereocenters. The Morgan fingerprint density at radius 3 is 2.42 bits per heavy atom. The van der Waals surface area contributed by atoms with E-state index < -0.39 is 12.0 Å². The van der Waals surface area contributed by atoms with Crippen molar-refractivity contribution >= 4 is 12.0 Å². The fourth-order valence-electron chi connectivity index (χ4n) is 2.56. The molecule has 138 valence electrons. The quantitative estimate of drug-likeness (QED) is 0.666. The van der Waals surface area contributed by atoms with Crippen molar-refractivity contribution in [3.63, 3.8) is 0 Å². The van der Waals surface area contributed by atoms with Gasteiger partial charge in [0.15, 0.2) is 0 Å². The van der Waals surface area contributed by atoms with Gasteiger partial charge >= 0.3 is 5.97 Å². The summed E-state index contributed by atoms with van der Waals surface area (Å²) in [5, 5.41) is 12.3. The third-order valence-electron chi connectivity index (χ3n) is 3.93. The van der Waals surface area contributed by atoms with Crippen LogP contribution in [-0.2, 0) is 11.4 Å². The van der Waals surface area contributed by atoms with Gasteiger partial charge in [0.25, 0.3) is 0 Å². The number of carboxylic acids is 1. The number of hydrogen-bond donors (Lipinski definition) is 2. The first-order valence-electron chi connectivity index (χ1n) is 8.94. The van der Waals surface area contributed by atoms with Crippen LogP contribution in [0.25, 0.3) is 6.08 Å². The van der Waals surface area contributed by atoms with Gasteiger partial charge in [0, 0.05) is 6.54 Å². The van der Waals surface area contributed by atoms with Crippen molar-refractivity contribution in [2.24, 2.45) is 5.92 Å². The fourth-order valence-corrected chi connectivity index (χ4v) is 2.56. The minimum Gasteiger partial charge on any atom is -0.489 e. The van der Waals surface area contributed by atoms with Crippen LogP contribution in [0.5, 0.6) is 5.75 Å². The van der Waals surface area contributed by atoms with Crippen molar-refractivity contribution in [2.45, 2.75) is 32.9 Å². The van der Waals surface area contributed by atoms with Crippen LogP contribution in [-0.4, -0.2) is 23.7 Å². The molecule has 0 saturated heterocycles. The van der Waals surface area contributed by atoms with E-state index in [-0.39, 0.29) is 0 Å². The average molecular weight is 353 g/mol. The maximum atomic E-state index is 11.2. The normalized spacial score (nSPS) is 12.4. The summed E-state index contributed by atoms with van der Waals surface area (Å²) in [4.78, 5) is 11.2. The number of benzene rings is 2. The third-order valence-corrected chi connectivity index (χ3v) is 3.93. The van der Waals surface area contributed by atoms with Gasteiger partial charge in [-0.3, -0.25) is 4.79 Å². The van der Waals surface area contributed by atoms with Crippen molar-refractivity contribution in [3.05, 3.63) is 71.8 Å². The molecule has 2 N–H and O–H groups in total. The Morgan fingerprint density at radius 1 is 1.12 bits per heavy atom. The van der Waals surface area contributed by atoms with Crippen molar-refractivity contribution < 1.29 is 14.6 Å². The zero-order valence-corrected chi connectivity index (χ0v) is 15.4. The number of carboxylic acid groups (broad SMARTS) is 1. The van der Waals surface area contributed by atoms with Gasteiger partial charge in [-0.1, -0.05) is 68.5 Å². The molecule has 0 saturated carbocycles. The SMILES string of the molecule is CC(C)C[C@H](NC/C=C/c1ccc(OCc2ccccc2)cc1)C(=O)O. The van der Waals surface area contributed by atoms with E-state index in [1.807, 2.05) is 80.6 Å². The highest BCUT2D eigenvalue weighted by molar-refractivity contribution is 5.73. The molecule has 0 heterocycles. The molecule has 2 rings (SSSR count). The van der Waals surface area contributed by atoms with E-state index in [9.17, 15) is 9.90 Å². The van der Waals surface area contributed by atoms with Crippen LogP contribution >= 0.6 is 0 Å². The maximum Gasteiger partial charge on any atom is 0.320 e. The molecule has 0 aliphatic carbocycles. The van der Waals surface area contributed by atoms with Gasteiger partial charge < -0.3 is 15.2 Å². The Labute approximate surface area is 155 Å². The number of hydrogen-bond acceptors (Lipinski definition) is 3. The summed E-state index contributed by atoms with van der Waals surface area (Å²) in [5.41, 5.74) is 2.19. The van der Waals surface area contributed by atoms with Crippen LogP contribution in [0, 0.1) is 5.92 Å². The summed E-state index contributed by atoms with van der Waals surface area (Å²) >= 11 is 0. The Hall–Kier alpha value is -2.59. The first kappa shape index (κ1) is 19.7. The molecule has 26 heavy (non-hydrogen) atoms. The summed E-state index contributed by atoms with van der Waals surface area (Å²) in [6, 6.07) is 17.4. The topological polar surface area (TPSA) is 58.6 Å². The lowest BCUT2D eigenvalue weighted by molar-refractivity contribution is -0.139. The number of carbonyl (C=O) groups is 1. The Balaban J connectivity index is 1.79. The van der Waals surface area contributed by atoms with E-state index in [4.69, 9.17) is 4.74 Å². The molecule has 2 aromatic carbocycles. The summed E-state index contributed by atoms with van der Waals surface area (Å²) in [6.45, 7) is 5.12. The van der Waals surface area contributed by atoms with E-state index in [1.54, 1.807) is 0 Å². The predicted octanol–water partition coefficient (Wildman–Crippen LogP) is 4.37. The van der Waals surface area contributed by atoms with Gasteiger partial charge in [0.05, 0.1) is 0 Å². The molecule has 1 atom stereocenters. The zero-order chi connectivity index (χ0) is 18.8. The monoisotopic (exact) mass is 353 g/mol. The van der Waals surface area contributed by atoms with Gasteiger partial charge in [0.2, 0.25) is 0 Å². The van der Waals surface area contributed by atoms with E-state index in [2.05, 4.69) is 5.32 Å². The summed E-state index contributed by atoms with van der Waals surface area (Å²) < 4.78 is 5.77. The molecule has 0 fully saturated rings. The van der Waals surface area contributed by atoms with Gasteiger partial charge in [-0.05, 0) is 35.6 Å². The highest BCUT2D eigenvalue weighted by atomic mass is 16.5. The van der Waals surface area contributed by atoms with Crippen LogP contribution in [0.4, 0.5) is 0 Å². The summed E-state index contributed by atoms with van der Waals surface area (Å²) in [7, 11) is 0. The third kappa shape index (κ3) is 7.11. The minimum absolute atomic E-state index is 0.344. The van der Waals surface area contributed by atoms with E-state index >= 15 is 0 Å². The fraction of sp³-hybridized carbons (Fsp3) is 0.318. The largest absolute Gasteiger partial charge is 0.489 e. The Morgan fingerprint density at radius 2 is 1.81 bits per heavy atom. The first-order chi connectivity index (χ1) is 12.5. The molecule has 4 nitrogen and oxygen atoms in total. The number of aliphatic carboxylic acids is 1. The van der Waals surface area contributed by atoms with Crippen LogP contribution in [0.3, 0.4) is 0 Å². The lowest BCUT2D eigenvalue weighted by atomic mass is 10.0. The van der Waals surface area contributed by atoms with Gasteiger partial charge in [0.1, 0.15) is 18.4 Å². The predicted molar refractivity (Wildman–Crippen MR) is 105 cm³/mol. The zero-order valence-electron chi connectivity index (χ0n) is 15.4.